The zero-order chi connectivity index (χ0) is 13.9. The Hall–Kier alpha value is -2.28. The molecule has 1 N–H and O–H groups in total. The third kappa shape index (κ3) is 2.53. The van der Waals surface area contributed by atoms with Crippen molar-refractivity contribution in [2.75, 3.05) is 5.32 Å². The van der Waals surface area contributed by atoms with Gasteiger partial charge in [0, 0.05) is 17.1 Å². The number of benzene rings is 3. The molecule has 1 atom stereocenters. The topological polar surface area (TPSA) is 12.0 Å². The van der Waals surface area contributed by atoms with Crippen LogP contribution < -0.4 is 5.32 Å². The molecule has 0 aliphatic heterocycles. The van der Waals surface area contributed by atoms with Crippen molar-refractivity contribution in [1.29, 1.82) is 0 Å². The Morgan fingerprint density at radius 3 is 2.45 bits per heavy atom. The van der Waals surface area contributed by atoms with Gasteiger partial charge in [0.2, 0.25) is 0 Å². The van der Waals surface area contributed by atoms with E-state index in [1.165, 1.54) is 27.6 Å². The molecule has 100 valence electrons. The van der Waals surface area contributed by atoms with Crippen LogP contribution >= 0.6 is 0 Å². The van der Waals surface area contributed by atoms with Gasteiger partial charge in [0.15, 0.2) is 0 Å². The molecule has 1 heteroatoms. The van der Waals surface area contributed by atoms with E-state index in [0.29, 0.717) is 6.04 Å². The predicted octanol–water partition coefficient (Wildman–Crippen LogP) is 5.32. The third-order valence-electron chi connectivity index (χ3n) is 3.70. The van der Waals surface area contributed by atoms with Crippen molar-refractivity contribution in [2.45, 2.75) is 19.9 Å². The van der Waals surface area contributed by atoms with Gasteiger partial charge in [-0.15, -0.1) is 0 Å². The smallest absolute Gasteiger partial charge is 0.0485 e. The van der Waals surface area contributed by atoms with Crippen molar-refractivity contribution < 1.29 is 0 Å². The molecule has 3 rings (SSSR count). The summed E-state index contributed by atoms with van der Waals surface area (Å²) in [6, 6.07) is 23.8. The van der Waals surface area contributed by atoms with Gasteiger partial charge in [-0.3, -0.25) is 0 Å². The van der Waals surface area contributed by atoms with Crippen LogP contribution in [-0.4, -0.2) is 0 Å². The second kappa shape index (κ2) is 5.38. The van der Waals surface area contributed by atoms with Crippen molar-refractivity contribution in [2.24, 2.45) is 0 Å². The zero-order valence-corrected chi connectivity index (χ0v) is 11.9. The predicted molar refractivity (Wildman–Crippen MR) is 87.2 cm³/mol. The maximum atomic E-state index is 3.63. The molecule has 0 amide bonds. The Balaban J connectivity index is 1.93. The van der Waals surface area contributed by atoms with E-state index in [4.69, 9.17) is 0 Å². The Morgan fingerprint density at radius 2 is 1.60 bits per heavy atom. The normalized spacial score (nSPS) is 12.3. The quantitative estimate of drug-likeness (QED) is 0.672. The van der Waals surface area contributed by atoms with E-state index in [1.807, 2.05) is 0 Å². The van der Waals surface area contributed by atoms with Crippen LogP contribution in [-0.2, 0) is 0 Å². The van der Waals surface area contributed by atoms with Crippen molar-refractivity contribution in [3.63, 3.8) is 0 Å². The highest BCUT2D eigenvalue weighted by Crippen LogP contribution is 2.27. The molecule has 0 aliphatic carbocycles. The van der Waals surface area contributed by atoms with Crippen LogP contribution in [0.5, 0.6) is 0 Å². The maximum Gasteiger partial charge on any atom is 0.0485 e. The summed E-state index contributed by atoms with van der Waals surface area (Å²) in [5, 5.41) is 6.17. The molecule has 0 radical (unpaired) electrons. The standard InChI is InChI=1S/C19H19N/c1-14-7-5-10-17(13-14)15(2)20-19-12-6-9-16-8-3-4-11-18(16)19/h3-13,15,20H,1-2H3. The van der Waals surface area contributed by atoms with E-state index in [-0.39, 0.29) is 0 Å². The lowest BCUT2D eigenvalue weighted by Crippen LogP contribution is -2.07. The highest BCUT2D eigenvalue weighted by atomic mass is 14.9. The maximum absolute atomic E-state index is 3.63. The molecular weight excluding hydrogens is 242 g/mol. The van der Waals surface area contributed by atoms with Gasteiger partial charge in [-0.2, -0.15) is 0 Å². The Labute approximate surface area is 120 Å². The van der Waals surface area contributed by atoms with Crippen molar-refractivity contribution in [1.82, 2.24) is 0 Å². The Kier molecular flexibility index (Phi) is 3.42. The van der Waals surface area contributed by atoms with Gasteiger partial charge < -0.3 is 5.32 Å². The summed E-state index contributed by atoms with van der Waals surface area (Å²) in [7, 11) is 0. The van der Waals surface area contributed by atoms with Crippen molar-refractivity contribution in [3.05, 3.63) is 77.9 Å². The molecule has 0 aliphatic rings. The first-order chi connectivity index (χ1) is 9.74. The number of hydrogen-bond donors (Lipinski definition) is 1. The van der Waals surface area contributed by atoms with E-state index in [0.717, 1.165) is 0 Å². The number of rotatable bonds is 3. The van der Waals surface area contributed by atoms with Gasteiger partial charge in [-0.25, -0.2) is 0 Å². The van der Waals surface area contributed by atoms with E-state index >= 15 is 0 Å². The molecule has 1 unspecified atom stereocenters. The van der Waals surface area contributed by atoms with E-state index < -0.39 is 0 Å². The van der Waals surface area contributed by atoms with Crippen LogP contribution in [0.4, 0.5) is 5.69 Å². The Bertz CT molecular complexity index is 725. The lowest BCUT2D eigenvalue weighted by Gasteiger charge is -2.18. The summed E-state index contributed by atoms with van der Waals surface area (Å²) in [5.41, 5.74) is 3.81. The highest BCUT2D eigenvalue weighted by Gasteiger charge is 2.07. The van der Waals surface area contributed by atoms with E-state index in [1.54, 1.807) is 0 Å². The van der Waals surface area contributed by atoms with Gasteiger partial charge in [-0.05, 0) is 30.9 Å². The monoisotopic (exact) mass is 261 g/mol. The molecule has 0 saturated carbocycles. The summed E-state index contributed by atoms with van der Waals surface area (Å²) in [6.45, 7) is 4.34. The SMILES string of the molecule is Cc1cccc(C(C)Nc2cccc3ccccc23)c1. The number of aryl methyl sites for hydroxylation is 1. The molecule has 0 fully saturated rings. The molecule has 0 saturated heterocycles. The minimum Gasteiger partial charge on any atom is -0.378 e. The van der Waals surface area contributed by atoms with Gasteiger partial charge in [0.25, 0.3) is 0 Å². The number of anilines is 1. The highest BCUT2D eigenvalue weighted by molar-refractivity contribution is 5.93. The fraction of sp³-hybridized carbons (Fsp3) is 0.158. The summed E-state index contributed by atoms with van der Waals surface area (Å²) in [5.74, 6) is 0. The second-order valence-corrected chi connectivity index (χ2v) is 5.31. The summed E-state index contributed by atoms with van der Waals surface area (Å²) in [6.07, 6.45) is 0. The molecule has 3 aromatic carbocycles. The van der Waals surface area contributed by atoms with Crippen molar-refractivity contribution in [3.8, 4) is 0 Å². The summed E-state index contributed by atoms with van der Waals surface area (Å²) in [4.78, 5) is 0. The van der Waals surface area contributed by atoms with Crippen LogP contribution in [0, 0.1) is 6.92 Å². The minimum atomic E-state index is 0.292. The average Bonchev–Trinajstić information content (AvgIpc) is 2.47. The molecule has 3 aromatic rings. The summed E-state index contributed by atoms with van der Waals surface area (Å²) >= 11 is 0. The second-order valence-electron chi connectivity index (χ2n) is 5.31. The van der Waals surface area contributed by atoms with Crippen LogP contribution in [0.1, 0.15) is 24.1 Å². The molecule has 20 heavy (non-hydrogen) atoms. The van der Waals surface area contributed by atoms with Crippen molar-refractivity contribution >= 4 is 16.5 Å². The van der Waals surface area contributed by atoms with E-state index in [9.17, 15) is 0 Å². The van der Waals surface area contributed by atoms with Crippen LogP contribution in [0.2, 0.25) is 0 Å². The van der Waals surface area contributed by atoms with Gasteiger partial charge in [-0.1, -0.05) is 66.2 Å². The first-order valence-electron chi connectivity index (χ1n) is 7.05. The molecule has 1 nitrogen and oxygen atoms in total. The number of fused-ring (bicyclic) bond motifs is 1. The summed E-state index contributed by atoms with van der Waals surface area (Å²) < 4.78 is 0. The molecule has 0 spiro atoms. The number of hydrogen-bond acceptors (Lipinski definition) is 1. The van der Waals surface area contributed by atoms with Gasteiger partial charge >= 0.3 is 0 Å². The fourth-order valence-corrected chi connectivity index (χ4v) is 2.61. The first kappa shape index (κ1) is 12.7. The van der Waals surface area contributed by atoms with Gasteiger partial charge in [0.1, 0.15) is 0 Å². The largest absolute Gasteiger partial charge is 0.378 e. The zero-order valence-electron chi connectivity index (χ0n) is 11.9. The van der Waals surface area contributed by atoms with Crippen LogP contribution in [0.25, 0.3) is 10.8 Å². The molecule has 0 heterocycles. The number of nitrogens with one attached hydrogen (secondary N) is 1. The van der Waals surface area contributed by atoms with Crippen LogP contribution in [0.3, 0.4) is 0 Å². The lowest BCUT2D eigenvalue weighted by atomic mass is 10.0. The molecular formula is C19H19N. The van der Waals surface area contributed by atoms with Crippen LogP contribution in [0.15, 0.2) is 66.7 Å². The first-order valence-corrected chi connectivity index (χ1v) is 7.05. The average molecular weight is 261 g/mol. The Morgan fingerprint density at radius 1 is 0.850 bits per heavy atom. The molecule has 0 aromatic heterocycles. The lowest BCUT2D eigenvalue weighted by molar-refractivity contribution is 0.885. The molecule has 0 bridgehead atoms. The van der Waals surface area contributed by atoms with E-state index in [2.05, 4.69) is 85.9 Å². The third-order valence-corrected chi connectivity index (χ3v) is 3.70. The minimum absolute atomic E-state index is 0.292. The van der Waals surface area contributed by atoms with Gasteiger partial charge in [0.05, 0.1) is 0 Å². The fourth-order valence-electron chi connectivity index (χ4n) is 2.61.